The van der Waals surface area contributed by atoms with Gasteiger partial charge < -0.3 is 20.5 Å². The molecule has 1 aliphatic heterocycles. The molecular weight excluding hydrogens is 400 g/mol. The Labute approximate surface area is 180 Å². The van der Waals surface area contributed by atoms with Gasteiger partial charge in [-0.2, -0.15) is 0 Å². The van der Waals surface area contributed by atoms with Crippen LogP contribution < -0.4 is 15.8 Å². The highest BCUT2D eigenvalue weighted by atomic mass is 16.6. The molecule has 2 aromatic carbocycles. The first-order valence-electron chi connectivity index (χ1n) is 9.90. The number of amidine groups is 1. The summed E-state index contributed by atoms with van der Waals surface area (Å²) in [5.41, 5.74) is 7.15. The molecule has 2 aromatic rings. The van der Waals surface area contributed by atoms with Crippen LogP contribution in [0.1, 0.15) is 44.9 Å². The average Bonchev–Trinajstić information content (AvgIpc) is 2.66. The number of carbonyl (C=O) groups is 1. The minimum atomic E-state index is -0.683. The molecule has 3 rings (SSSR count). The predicted octanol–water partition coefficient (Wildman–Crippen LogP) is 4.17. The summed E-state index contributed by atoms with van der Waals surface area (Å²) in [4.78, 5) is 27.8. The van der Waals surface area contributed by atoms with Gasteiger partial charge in [-0.3, -0.25) is 10.1 Å². The Morgan fingerprint density at radius 2 is 2.03 bits per heavy atom. The number of amides is 1. The van der Waals surface area contributed by atoms with Crippen molar-refractivity contribution in [3.05, 3.63) is 63.7 Å². The van der Waals surface area contributed by atoms with Crippen molar-refractivity contribution in [2.75, 3.05) is 0 Å². The van der Waals surface area contributed by atoms with E-state index in [-0.39, 0.29) is 18.2 Å². The van der Waals surface area contributed by atoms with Gasteiger partial charge in [-0.15, -0.1) is 0 Å². The number of nitro groups is 1. The van der Waals surface area contributed by atoms with Crippen LogP contribution in [0, 0.1) is 10.1 Å². The van der Waals surface area contributed by atoms with Crippen molar-refractivity contribution >= 4 is 23.3 Å². The highest BCUT2D eigenvalue weighted by Gasteiger charge is 2.27. The van der Waals surface area contributed by atoms with E-state index in [1.807, 2.05) is 6.07 Å². The second kappa shape index (κ2) is 8.63. The topological polar surface area (TPSA) is 129 Å². The number of aliphatic imine (C=N–C) groups is 1. The number of ether oxygens (including phenoxy) is 2. The number of nitro benzene ring substituents is 1. The fourth-order valence-electron chi connectivity index (χ4n) is 3.23. The lowest BCUT2D eigenvalue weighted by molar-refractivity contribution is -0.384. The number of para-hydroxylation sites is 1. The summed E-state index contributed by atoms with van der Waals surface area (Å²) in [6.07, 6.45) is -0.693. The molecule has 0 fully saturated rings. The molecule has 164 valence electrons. The molecule has 2 unspecified atom stereocenters. The Hall–Kier alpha value is -3.62. The van der Waals surface area contributed by atoms with Crippen LogP contribution in [0.15, 0.2) is 47.5 Å². The second-order valence-corrected chi connectivity index (χ2v) is 8.32. The van der Waals surface area contributed by atoms with Gasteiger partial charge in [0.1, 0.15) is 22.9 Å². The third-order valence-corrected chi connectivity index (χ3v) is 4.62. The van der Waals surface area contributed by atoms with E-state index >= 15 is 0 Å². The number of benzene rings is 2. The summed E-state index contributed by atoms with van der Waals surface area (Å²) in [5, 5.41) is 14.0. The van der Waals surface area contributed by atoms with Gasteiger partial charge in [-0.25, -0.2) is 9.79 Å². The Bertz CT molecular complexity index is 1030. The minimum absolute atomic E-state index is 0.0250. The lowest BCUT2D eigenvalue weighted by Gasteiger charge is -2.27. The fraction of sp³-hybridized carbons (Fsp3) is 0.364. The van der Waals surface area contributed by atoms with Crippen molar-refractivity contribution in [1.82, 2.24) is 5.32 Å². The van der Waals surface area contributed by atoms with Gasteiger partial charge in [0.2, 0.25) is 0 Å². The molecule has 9 heteroatoms. The average molecular weight is 426 g/mol. The molecular formula is C22H26N4O5. The summed E-state index contributed by atoms with van der Waals surface area (Å²) in [6, 6.07) is 11.1. The van der Waals surface area contributed by atoms with E-state index in [9.17, 15) is 14.9 Å². The molecule has 1 amide bonds. The molecule has 9 nitrogen and oxygen atoms in total. The number of fused-ring (bicyclic) bond motifs is 1. The SMILES string of the molecule is CC1Oc2cccc(C(Cc3cccc([N+](=O)[O-])c3)NC(=O)OC(C)(C)C)c2N=C1N. The zero-order valence-corrected chi connectivity index (χ0v) is 17.9. The summed E-state index contributed by atoms with van der Waals surface area (Å²) in [5.74, 6) is 0.876. The number of alkyl carbamates (subject to hydrolysis) is 1. The zero-order valence-electron chi connectivity index (χ0n) is 17.9. The quantitative estimate of drug-likeness (QED) is 0.545. The molecule has 2 atom stereocenters. The van der Waals surface area contributed by atoms with E-state index in [0.29, 0.717) is 28.4 Å². The zero-order chi connectivity index (χ0) is 22.8. The third-order valence-electron chi connectivity index (χ3n) is 4.62. The molecule has 3 N–H and O–H groups in total. The number of hydrogen-bond acceptors (Lipinski definition) is 7. The van der Waals surface area contributed by atoms with Gasteiger partial charge in [0.15, 0.2) is 6.10 Å². The third kappa shape index (κ3) is 5.50. The van der Waals surface area contributed by atoms with Crippen molar-refractivity contribution in [3.8, 4) is 5.75 Å². The van der Waals surface area contributed by atoms with Crippen LogP contribution in [0.4, 0.5) is 16.2 Å². The van der Waals surface area contributed by atoms with Crippen LogP contribution >= 0.6 is 0 Å². The fourth-order valence-corrected chi connectivity index (χ4v) is 3.23. The standard InChI is InChI=1S/C22H26N4O5/c1-13-20(23)25-19-16(9-6-10-18(19)30-13)17(24-21(27)31-22(2,3)4)12-14-7-5-8-15(11-14)26(28)29/h5-11,13,17H,12H2,1-4H3,(H2,23,25)(H,24,27). The molecule has 1 heterocycles. The van der Waals surface area contributed by atoms with Crippen LogP contribution in [0.2, 0.25) is 0 Å². The van der Waals surface area contributed by atoms with E-state index < -0.39 is 22.7 Å². The number of hydrogen-bond donors (Lipinski definition) is 2. The van der Waals surface area contributed by atoms with Gasteiger partial charge in [0, 0.05) is 17.7 Å². The predicted molar refractivity (Wildman–Crippen MR) is 117 cm³/mol. The van der Waals surface area contributed by atoms with Crippen LogP contribution in [0.25, 0.3) is 0 Å². The van der Waals surface area contributed by atoms with Gasteiger partial charge in [-0.05, 0) is 45.7 Å². The maximum atomic E-state index is 12.6. The largest absolute Gasteiger partial charge is 0.481 e. The molecule has 0 bridgehead atoms. The summed E-state index contributed by atoms with van der Waals surface area (Å²) in [7, 11) is 0. The van der Waals surface area contributed by atoms with E-state index in [1.165, 1.54) is 12.1 Å². The van der Waals surface area contributed by atoms with Crippen LogP contribution in [-0.4, -0.2) is 28.6 Å². The number of nitrogens with one attached hydrogen (secondary N) is 1. The molecule has 0 radical (unpaired) electrons. The van der Waals surface area contributed by atoms with Gasteiger partial charge in [-0.1, -0.05) is 24.3 Å². The summed E-state index contributed by atoms with van der Waals surface area (Å²) >= 11 is 0. The van der Waals surface area contributed by atoms with E-state index in [0.717, 1.165) is 0 Å². The molecule has 1 aliphatic rings. The first-order chi connectivity index (χ1) is 14.5. The van der Waals surface area contributed by atoms with Crippen molar-refractivity contribution in [2.24, 2.45) is 10.7 Å². The monoisotopic (exact) mass is 426 g/mol. The van der Waals surface area contributed by atoms with E-state index in [2.05, 4.69) is 10.3 Å². The maximum absolute atomic E-state index is 12.6. The van der Waals surface area contributed by atoms with Crippen molar-refractivity contribution < 1.29 is 19.2 Å². The minimum Gasteiger partial charge on any atom is -0.481 e. The van der Waals surface area contributed by atoms with Gasteiger partial charge in [0.05, 0.1) is 11.0 Å². The second-order valence-electron chi connectivity index (χ2n) is 8.32. The molecule has 0 aliphatic carbocycles. The molecule has 0 saturated carbocycles. The molecule has 0 aromatic heterocycles. The number of nitrogens with zero attached hydrogens (tertiary/aromatic N) is 2. The van der Waals surface area contributed by atoms with E-state index in [4.69, 9.17) is 15.2 Å². The smallest absolute Gasteiger partial charge is 0.408 e. The van der Waals surface area contributed by atoms with Crippen LogP contribution in [0.3, 0.4) is 0 Å². The molecule has 0 saturated heterocycles. The molecule has 0 spiro atoms. The first kappa shape index (κ1) is 22.1. The molecule has 31 heavy (non-hydrogen) atoms. The maximum Gasteiger partial charge on any atom is 0.408 e. The summed E-state index contributed by atoms with van der Waals surface area (Å²) in [6.45, 7) is 7.11. The Kier molecular flexibility index (Phi) is 6.14. The number of nitrogens with two attached hydrogens (primary N) is 1. The van der Waals surface area contributed by atoms with E-state index in [1.54, 1.807) is 52.0 Å². The Morgan fingerprint density at radius 1 is 1.32 bits per heavy atom. The Balaban J connectivity index is 2.00. The van der Waals surface area contributed by atoms with Crippen LogP contribution in [0.5, 0.6) is 5.75 Å². The number of non-ortho nitro benzene ring substituents is 1. The van der Waals surface area contributed by atoms with Crippen LogP contribution in [-0.2, 0) is 11.2 Å². The highest BCUT2D eigenvalue weighted by molar-refractivity contribution is 5.90. The first-order valence-corrected chi connectivity index (χ1v) is 9.90. The van der Waals surface area contributed by atoms with Crippen molar-refractivity contribution in [1.29, 1.82) is 0 Å². The van der Waals surface area contributed by atoms with Crippen molar-refractivity contribution in [2.45, 2.75) is 51.9 Å². The lowest BCUT2D eigenvalue weighted by atomic mass is 9.96. The highest BCUT2D eigenvalue weighted by Crippen LogP contribution is 2.39. The number of carbonyl (C=O) groups excluding carboxylic acids is 1. The lowest BCUT2D eigenvalue weighted by Crippen LogP contribution is -2.36. The normalized spacial score (nSPS) is 16.4. The van der Waals surface area contributed by atoms with Crippen molar-refractivity contribution in [3.63, 3.8) is 0 Å². The van der Waals surface area contributed by atoms with Gasteiger partial charge in [0.25, 0.3) is 5.69 Å². The van der Waals surface area contributed by atoms with Gasteiger partial charge >= 0.3 is 6.09 Å². The summed E-state index contributed by atoms with van der Waals surface area (Å²) < 4.78 is 11.3. The number of rotatable bonds is 5. The Morgan fingerprint density at radius 3 is 2.71 bits per heavy atom.